The van der Waals surface area contributed by atoms with Crippen molar-refractivity contribution in [3.8, 4) is 0 Å². The number of hydrogen-bond donors (Lipinski definition) is 2. The van der Waals surface area contributed by atoms with Gasteiger partial charge in [-0.2, -0.15) is 0 Å². The molecule has 6 nitrogen and oxygen atoms in total. The van der Waals surface area contributed by atoms with Gasteiger partial charge >= 0.3 is 0 Å². The molecule has 0 radical (unpaired) electrons. The van der Waals surface area contributed by atoms with Crippen LogP contribution >= 0.6 is 24.0 Å². The topological polar surface area (TPSA) is 60.0 Å². The number of halogens is 1. The molecule has 30 heavy (non-hydrogen) atoms. The van der Waals surface area contributed by atoms with Crippen molar-refractivity contribution in [1.82, 2.24) is 20.4 Å². The van der Waals surface area contributed by atoms with E-state index < -0.39 is 0 Å². The van der Waals surface area contributed by atoms with E-state index in [9.17, 15) is 4.79 Å². The third kappa shape index (κ3) is 8.31. The standard InChI is InChI=1S/C23H33N5O.HI/c1-24-23(25-16-19-11-13-20(14-12-19)22(29)28(4)5)26-17-21(27(2)3)15-18-9-7-6-8-10-18;/h6-14,21H,15-17H2,1-5H3,(H2,24,25,26);1H. The lowest BCUT2D eigenvalue weighted by molar-refractivity contribution is 0.0827. The minimum absolute atomic E-state index is 0. The highest BCUT2D eigenvalue weighted by atomic mass is 127. The summed E-state index contributed by atoms with van der Waals surface area (Å²) in [5.74, 6) is 0.772. The number of carbonyl (C=O) groups excluding carboxylic acids is 1. The van der Waals surface area contributed by atoms with Crippen molar-refractivity contribution in [2.75, 3.05) is 41.8 Å². The lowest BCUT2D eigenvalue weighted by Crippen LogP contribution is -2.45. The van der Waals surface area contributed by atoms with Crippen molar-refractivity contribution in [2.24, 2.45) is 4.99 Å². The summed E-state index contributed by atoms with van der Waals surface area (Å²) < 4.78 is 0. The van der Waals surface area contributed by atoms with Gasteiger partial charge in [-0.1, -0.05) is 42.5 Å². The number of rotatable bonds is 8. The third-order valence-electron chi connectivity index (χ3n) is 4.84. The number of nitrogens with one attached hydrogen (secondary N) is 2. The van der Waals surface area contributed by atoms with Crippen LogP contribution in [0.4, 0.5) is 0 Å². The number of aliphatic imine (C=N–C) groups is 1. The number of benzene rings is 2. The molecule has 0 spiro atoms. The van der Waals surface area contributed by atoms with Gasteiger partial charge in [0.2, 0.25) is 0 Å². The second kappa shape index (κ2) is 13.2. The zero-order valence-corrected chi connectivity index (χ0v) is 20.9. The second-order valence-corrected chi connectivity index (χ2v) is 7.51. The third-order valence-corrected chi connectivity index (χ3v) is 4.84. The van der Waals surface area contributed by atoms with Gasteiger partial charge < -0.3 is 20.4 Å². The molecule has 2 N–H and O–H groups in total. The molecule has 0 bridgehead atoms. The number of nitrogens with zero attached hydrogens (tertiary/aromatic N) is 3. The summed E-state index contributed by atoms with van der Waals surface area (Å²) in [6, 6.07) is 18.5. The first-order valence-electron chi connectivity index (χ1n) is 9.86. The van der Waals surface area contributed by atoms with Crippen molar-refractivity contribution in [1.29, 1.82) is 0 Å². The Labute approximate surface area is 197 Å². The molecule has 2 aromatic carbocycles. The van der Waals surface area contributed by atoms with E-state index in [1.54, 1.807) is 26.0 Å². The number of likely N-dealkylation sites (N-methyl/N-ethyl adjacent to an activating group) is 1. The molecule has 0 saturated heterocycles. The molecule has 1 atom stereocenters. The largest absolute Gasteiger partial charge is 0.355 e. The summed E-state index contributed by atoms with van der Waals surface area (Å²) in [6.07, 6.45) is 0.971. The zero-order valence-electron chi connectivity index (χ0n) is 18.6. The lowest BCUT2D eigenvalue weighted by atomic mass is 10.1. The SMILES string of the molecule is CN=C(NCc1ccc(C(=O)N(C)C)cc1)NCC(Cc1ccccc1)N(C)C.I. The Hall–Kier alpha value is -2.13. The lowest BCUT2D eigenvalue weighted by Gasteiger charge is -2.25. The zero-order chi connectivity index (χ0) is 21.2. The highest BCUT2D eigenvalue weighted by Gasteiger charge is 2.13. The molecule has 7 heteroatoms. The van der Waals surface area contributed by atoms with Gasteiger partial charge in [0.1, 0.15) is 0 Å². The number of guanidine groups is 1. The summed E-state index contributed by atoms with van der Waals surface area (Å²) in [5, 5.41) is 6.76. The van der Waals surface area contributed by atoms with Crippen LogP contribution in [0, 0.1) is 0 Å². The average molecular weight is 523 g/mol. The van der Waals surface area contributed by atoms with Crippen molar-refractivity contribution >= 4 is 35.8 Å². The fourth-order valence-corrected chi connectivity index (χ4v) is 2.97. The van der Waals surface area contributed by atoms with Crippen LogP contribution in [-0.4, -0.2) is 69.5 Å². The van der Waals surface area contributed by atoms with E-state index in [-0.39, 0.29) is 29.9 Å². The first-order valence-corrected chi connectivity index (χ1v) is 9.86. The van der Waals surface area contributed by atoms with Gasteiger partial charge in [-0.3, -0.25) is 9.79 Å². The number of carbonyl (C=O) groups is 1. The Morgan fingerprint density at radius 2 is 1.57 bits per heavy atom. The van der Waals surface area contributed by atoms with Crippen LogP contribution in [0.5, 0.6) is 0 Å². The average Bonchev–Trinajstić information content (AvgIpc) is 2.73. The normalized spacial score (nSPS) is 12.1. The van der Waals surface area contributed by atoms with Crippen LogP contribution in [0.1, 0.15) is 21.5 Å². The summed E-state index contributed by atoms with van der Waals surface area (Å²) in [5.41, 5.74) is 3.11. The molecule has 2 rings (SSSR count). The predicted octanol–water partition coefficient (Wildman–Crippen LogP) is 2.84. The maximum atomic E-state index is 12.0. The molecule has 164 valence electrons. The van der Waals surface area contributed by atoms with E-state index in [0.717, 1.165) is 24.5 Å². The van der Waals surface area contributed by atoms with Gasteiger partial charge in [-0.05, 0) is 43.8 Å². The summed E-state index contributed by atoms with van der Waals surface area (Å²) in [6.45, 7) is 1.43. The summed E-state index contributed by atoms with van der Waals surface area (Å²) in [4.78, 5) is 20.1. The highest BCUT2D eigenvalue weighted by molar-refractivity contribution is 14.0. The number of amides is 1. The van der Waals surface area contributed by atoms with Crippen LogP contribution in [0.25, 0.3) is 0 Å². The van der Waals surface area contributed by atoms with Gasteiger partial charge in [0.25, 0.3) is 5.91 Å². The van der Waals surface area contributed by atoms with E-state index in [4.69, 9.17) is 0 Å². The molecule has 0 aliphatic carbocycles. The molecule has 0 aliphatic rings. The molecule has 0 aromatic heterocycles. The molecular weight excluding hydrogens is 489 g/mol. The van der Waals surface area contributed by atoms with Gasteiger partial charge in [0.15, 0.2) is 5.96 Å². The Morgan fingerprint density at radius 1 is 0.933 bits per heavy atom. The number of hydrogen-bond acceptors (Lipinski definition) is 3. The first-order chi connectivity index (χ1) is 13.9. The van der Waals surface area contributed by atoms with Gasteiger partial charge in [0, 0.05) is 45.8 Å². The van der Waals surface area contributed by atoms with E-state index in [0.29, 0.717) is 18.2 Å². The predicted molar refractivity (Wildman–Crippen MR) is 136 cm³/mol. The van der Waals surface area contributed by atoms with Crippen molar-refractivity contribution in [3.05, 3.63) is 71.3 Å². The van der Waals surface area contributed by atoms with E-state index in [2.05, 4.69) is 58.9 Å². The van der Waals surface area contributed by atoms with E-state index in [1.165, 1.54) is 5.56 Å². The molecule has 1 amide bonds. The van der Waals surface area contributed by atoms with Crippen LogP contribution < -0.4 is 10.6 Å². The van der Waals surface area contributed by atoms with Gasteiger partial charge in [-0.25, -0.2) is 0 Å². The summed E-state index contributed by atoms with van der Waals surface area (Å²) >= 11 is 0. The van der Waals surface area contributed by atoms with E-state index >= 15 is 0 Å². The van der Waals surface area contributed by atoms with Crippen molar-refractivity contribution < 1.29 is 4.79 Å². The smallest absolute Gasteiger partial charge is 0.253 e. The molecule has 1 unspecified atom stereocenters. The Morgan fingerprint density at radius 3 is 2.10 bits per heavy atom. The van der Waals surface area contributed by atoms with E-state index in [1.807, 2.05) is 30.3 Å². The fraction of sp³-hybridized carbons (Fsp3) is 0.391. The molecule has 0 aliphatic heterocycles. The Bertz CT molecular complexity index is 791. The fourth-order valence-electron chi connectivity index (χ4n) is 2.97. The second-order valence-electron chi connectivity index (χ2n) is 7.51. The molecule has 0 fully saturated rings. The highest BCUT2D eigenvalue weighted by Crippen LogP contribution is 2.07. The maximum absolute atomic E-state index is 12.0. The van der Waals surface area contributed by atoms with Crippen LogP contribution in [0.2, 0.25) is 0 Å². The first kappa shape index (κ1) is 25.9. The van der Waals surface area contributed by atoms with Crippen LogP contribution in [0.15, 0.2) is 59.6 Å². The monoisotopic (exact) mass is 523 g/mol. The Balaban J connectivity index is 0.00000450. The van der Waals surface area contributed by atoms with Gasteiger partial charge in [0.05, 0.1) is 0 Å². The quantitative estimate of drug-likeness (QED) is 0.318. The molecule has 0 heterocycles. The van der Waals surface area contributed by atoms with Gasteiger partial charge in [-0.15, -0.1) is 24.0 Å². The molecule has 2 aromatic rings. The maximum Gasteiger partial charge on any atom is 0.253 e. The Kier molecular flexibility index (Phi) is 11.4. The van der Waals surface area contributed by atoms with Crippen LogP contribution in [0.3, 0.4) is 0 Å². The van der Waals surface area contributed by atoms with Crippen molar-refractivity contribution in [2.45, 2.75) is 19.0 Å². The summed E-state index contributed by atoms with van der Waals surface area (Å²) in [7, 11) is 9.48. The minimum Gasteiger partial charge on any atom is -0.355 e. The van der Waals surface area contributed by atoms with Crippen molar-refractivity contribution in [3.63, 3.8) is 0 Å². The minimum atomic E-state index is 0. The molecule has 0 saturated carbocycles. The van der Waals surface area contributed by atoms with Crippen LogP contribution in [-0.2, 0) is 13.0 Å². The molecular formula is C23H34IN5O.